The van der Waals surface area contributed by atoms with Crippen molar-refractivity contribution in [3.05, 3.63) is 75.6 Å². The fourth-order valence-electron chi connectivity index (χ4n) is 2.85. The Morgan fingerprint density at radius 2 is 1.80 bits per heavy atom. The Bertz CT molecular complexity index is 1080. The maximum absolute atomic E-state index is 12.8. The third-order valence-corrected chi connectivity index (χ3v) is 5.56. The Morgan fingerprint density at radius 1 is 1.10 bits per heavy atom. The van der Waals surface area contributed by atoms with Crippen molar-refractivity contribution >= 4 is 40.5 Å². The van der Waals surface area contributed by atoms with E-state index in [2.05, 4.69) is 5.32 Å². The van der Waals surface area contributed by atoms with Crippen LogP contribution in [0.25, 0.3) is 10.4 Å². The lowest BCUT2D eigenvalue weighted by Gasteiger charge is -2.09. The molecule has 2 N–H and O–H groups in total. The van der Waals surface area contributed by atoms with Gasteiger partial charge < -0.3 is 10.4 Å². The first-order valence-corrected chi connectivity index (χ1v) is 9.97. The molecular formula is C21H15ClF3NO3S. The Hall–Kier alpha value is -2.84. The van der Waals surface area contributed by atoms with Gasteiger partial charge in [0.2, 0.25) is 5.91 Å². The number of thiophene rings is 1. The largest absolute Gasteiger partial charge is 0.478 e. The molecule has 0 unspecified atom stereocenters. The molecule has 3 rings (SSSR count). The molecule has 9 heteroatoms. The Balaban J connectivity index is 1.73. The van der Waals surface area contributed by atoms with E-state index in [1.165, 1.54) is 17.5 Å². The van der Waals surface area contributed by atoms with E-state index >= 15 is 0 Å². The summed E-state index contributed by atoms with van der Waals surface area (Å²) in [6.07, 6.45) is -4.46. The number of aromatic carboxylic acids is 1. The molecule has 0 radical (unpaired) electrons. The average molecular weight is 454 g/mol. The van der Waals surface area contributed by atoms with Crippen molar-refractivity contribution in [1.29, 1.82) is 0 Å². The molecule has 30 heavy (non-hydrogen) atoms. The van der Waals surface area contributed by atoms with Gasteiger partial charge in [0.1, 0.15) is 5.56 Å². The predicted molar refractivity (Wildman–Crippen MR) is 110 cm³/mol. The van der Waals surface area contributed by atoms with Crippen molar-refractivity contribution in [2.45, 2.75) is 19.0 Å². The smallest absolute Gasteiger partial charge is 0.416 e. The van der Waals surface area contributed by atoms with E-state index in [1.54, 1.807) is 24.3 Å². The summed E-state index contributed by atoms with van der Waals surface area (Å²) < 4.78 is 38.4. The molecule has 0 saturated carbocycles. The zero-order chi connectivity index (χ0) is 21.9. The lowest BCUT2D eigenvalue weighted by molar-refractivity contribution is -0.137. The van der Waals surface area contributed by atoms with Crippen LogP contribution in [0.5, 0.6) is 0 Å². The number of hydrogen-bond acceptors (Lipinski definition) is 3. The highest BCUT2D eigenvalue weighted by molar-refractivity contribution is 7.14. The van der Waals surface area contributed by atoms with Crippen LogP contribution in [0.3, 0.4) is 0 Å². The summed E-state index contributed by atoms with van der Waals surface area (Å²) in [5, 5.41) is 14.2. The van der Waals surface area contributed by atoms with Gasteiger partial charge in [-0.15, -0.1) is 11.3 Å². The molecular weight excluding hydrogens is 439 g/mol. The van der Waals surface area contributed by atoms with Gasteiger partial charge in [-0.05, 0) is 35.7 Å². The monoisotopic (exact) mass is 453 g/mol. The lowest BCUT2D eigenvalue weighted by atomic mass is 10.1. The normalized spacial score (nSPS) is 11.3. The molecule has 1 amide bonds. The third kappa shape index (κ3) is 5.20. The van der Waals surface area contributed by atoms with E-state index in [1.807, 2.05) is 0 Å². The van der Waals surface area contributed by atoms with Gasteiger partial charge in [0.25, 0.3) is 0 Å². The van der Waals surface area contributed by atoms with Gasteiger partial charge in [0.15, 0.2) is 0 Å². The minimum Gasteiger partial charge on any atom is -0.478 e. The molecule has 0 aliphatic rings. The number of carboxylic acids is 1. The molecule has 0 fully saturated rings. The number of hydrogen-bond donors (Lipinski definition) is 2. The quantitative estimate of drug-likeness (QED) is 0.456. The number of rotatable bonds is 6. The Labute approximate surface area is 178 Å². The SMILES string of the molecule is O=C(CCc1cccc(C(F)(F)F)c1)Nc1csc(-c2ccc(Cl)cc2)c1C(=O)O. The number of anilines is 1. The number of alkyl halides is 3. The number of carboxylic acid groups (broad SMARTS) is 1. The van der Waals surface area contributed by atoms with Gasteiger partial charge >= 0.3 is 12.1 Å². The highest BCUT2D eigenvalue weighted by Gasteiger charge is 2.30. The van der Waals surface area contributed by atoms with Crippen LogP contribution in [0.4, 0.5) is 18.9 Å². The number of carbonyl (C=O) groups is 2. The molecule has 0 bridgehead atoms. The van der Waals surface area contributed by atoms with Gasteiger partial charge in [-0.2, -0.15) is 13.2 Å². The highest BCUT2D eigenvalue weighted by Crippen LogP contribution is 2.36. The number of nitrogens with one attached hydrogen (secondary N) is 1. The van der Waals surface area contributed by atoms with E-state index in [9.17, 15) is 27.9 Å². The molecule has 1 heterocycles. The maximum Gasteiger partial charge on any atom is 0.416 e. The second kappa shape index (κ2) is 8.89. The van der Waals surface area contributed by atoms with E-state index in [4.69, 9.17) is 11.6 Å². The van der Waals surface area contributed by atoms with Gasteiger partial charge in [-0.3, -0.25) is 4.79 Å². The molecule has 3 aromatic rings. The summed E-state index contributed by atoms with van der Waals surface area (Å²) in [5.74, 6) is -1.69. The fraction of sp³-hybridized carbons (Fsp3) is 0.143. The van der Waals surface area contributed by atoms with Crippen molar-refractivity contribution in [2.24, 2.45) is 0 Å². The van der Waals surface area contributed by atoms with Crippen LogP contribution in [0, 0.1) is 0 Å². The summed E-state index contributed by atoms with van der Waals surface area (Å²) in [5.41, 5.74) is 0.331. The molecule has 1 aromatic heterocycles. The van der Waals surface area contributed by atoms with Crippen molar-refractivity contribution in [3.8, 4) is 10.4 Å². The van der Waals surface area contributed by atoms with Crippen LogP contribution in [0.2, 0.25) is 5.02 Å². The summed E-state index contributed by atoms with van der Waals surface area (Å²) in [7, 11) is 0. The van der Waals surface area contributed by atoms with Gasteiger partial charge in [0, 0.05) is 16.8 Å². The molecule has 0 spiro atoms. The summed E-state index contributed by atoms with van der Waals surface area (Å²) in [4.78, 5) is 24.5. The molecule has 0 aliphatic heterocycles. The van der Waals surface area contributed by atoms with Crippen molar-refractivity contribution in [2.75, 3.05) is 5.32 Å². The fourth-order valence-corrected chi connectivity index (χ4v) is 3.98. The molecule has 0 aliphatic carbocycles. The number of amides is 1. The Morgan fingerprint density at radius 3 is 2.43 bits per heavy atom. The average Bonchev–Trinajstić information content (AvgIpc) is 3.10. The van der Waals surface area contributed by atoms with Gasteiger partial charge in [0.05, 0.1) is 16.1 Å². The molecule has 156 valence electrons. The first-order chi connectivity index (χ1) is 14.1. The van der Waals surface area contributed by atoms with Crippen molar-refractivity contribution < 1.29 is 27.9 Å². The summed E-state index contributed by atoms with van der Waals surface area (Å²) in [6.45, 7) is 0. The number of benzene rings is 2. The highest BCUT2D eigenvalue weighted by atomic mass is 35.5. The maximum atomic E-state index is 12.8. The number of aryl methyl sites for hydroxylation is 1. The topological polar surface area (TPSA) is 66.4 Å². The van der Waals surface area contributed by atoms with Gasteiger partial charge in [-0.1, -0.05) is 41.9 Å². The zero-order valence-electron chi connectivity index (χ0n) is 15.3. The van der Waals surface area contributed by atoms with E-state index in [-0.39, 0.29) is 24.1 Å². The van der Waals surface area contributed by atoms with Gasteiger partial charge in [-0.25, -0.2) is 4.79 Å². The molecule has 0 atom stereocenters. The van der Waals surface area contributed by atoms with Crippen molar-refractivity contribution in [1.82, 2.24) is 0 Å². The van der Waals surface area contributed by atoms with E-state index < -0.39 is 23.6 Å². The van der Waals surface area contributed by atoms with E-state index in [0.717, 1.165) is 23.5 Å². The minimum atomic E-state index is -4.45. The van der Waals surface area contributed by atoms with Crippen molar-refractivity contribution in [3.63, 3.8) is 0 Å². The molecule has 4 nitrogen and oxygen atoms in total. The second-order valence-corrected chi connectivity index (χ2v) is 7.73. The minimum absolute atomic E-state index is 0.0465. The Kier molecular flexibility index (Phi) is 6.48. The number of halogens is 4. The summed E-state index contributed by atoms with van der Waals surface area (Å²) in [6, 6.07) is 11.4. The second-order valence-electron chi connectivity index (χ2n) is 6.41. The van der Waals surface area contributed by atoms with Crippen LogP contribution in [0.1, 0.15) is 27.9 Å². The van der Waals surface area contributed by atoms with Crippen LogP contribution >= 0.6 is 22.9 Å². The first kappa shape index (κ1) is 21.9. The standard InChI is InChI=1S/C21H15ClF3NO3S/c22-15-7-5-13(6-8-15)19-18(20(28)29)16(11-30-19)26-17(27)9-4-12-2-1-3-14(10-12)21(23,24)25/h1-3,5-8,10-11H,4,9H2,(H,26,27)(H,28,29). The third-order valence-electron chi connectivity index (χ3n) is 4.28. The van der Waals surface area contributed by atoms with Crippen LogP contribution in [0.15, 0.2) is 53.9 Å². The van der Waals surface area contributed by atoms with Crippen LogP contribution in [-0.4, -0.2) is 17.0 Å². The first-order valence-electron chi connectivity index (χ1n) is 8.72. The molecule has 0 saturated heterocycles. The predicted octanol–water partition coefficient (Wildman–Crippen LogP) is 6.36. The summed E-state index contributed by atoms with van der Waals surface area (Å²) >= 11 is 7.02. The number of carbonyl (C=O) groups excluding carboxylic acids is 1. The van der Waals surface area contributed by atoms with Crippen LogP contribution < -0.4 is 5.32 Å². The van der Waals surface area contributed by atoms with Crippen LogP contribution in [-0.2, 0) is 17.4 Å². The van der Waals surface area contributed by atoms with E-state index in [0.29, 0.717) is 21.0 Å². The lowest BCUT2D eigenvalue weighted by Crippen LogP contribution is -2.14. The zero-order valence-corrected chi connectivity index (χ0v) is 16.9. The molecule has 2 aromatic carbocycles.